The van der Waals surface area contributed by atoms with Gasteiger partial charge in [-0.15, -0.1) is 0 Å². The van der Waals surface area contributed by atoms with Gasteiger partial charge < -0.3 is 19.5 Å². The zero-order chi connectivity index (χ0) is 20.5. The molecule has 4 heterocycles. The van der Waals surface area contributed by atoms with Crippen molar-refractivity contribution in [2.24, 2.45) is 0 Å². The minimum Gasteiger partial charge on any atom is -0.508 e. The summed E-state index contributed by atoms with van der Waals surface area (Å²) >= 11 is 0. The van der Waals surface area contributed by atoms with E-state index in [1.807, 2.05) is 19.9 Å². The molecule has 0 saturated carbocycles. The van der Waals surface area contributed by atoms with Crippen LogP contribution in [0, 0.1) is 0 Å². The van der Waals surface area contributed by atoms with Crippen LogP contribution in [-0.4, -0.2) is 25.7 Å². The average Bonchev–Trinajstić information content (AvgIpc) is 3.07. The molecule has 1 aromatic carbocycles. The first kappa shape index (κ1) is 17.9. The highest BCUT2D eigenvalue weighted by Gasteiger charge is 2.47. The Labute approximate surface area is 166 Å². The molecule has 0 spiro atoms. The van der Waals surface area contributed by atoms with Crippen molar-refractivity contribution in [3.8, 4) is 17.1 Å². The zero-order valence-electron chi connectivity index (χ0n) is 16.1. The van der Waals surface area contributed by atoms with Gasteiger partial charge in [0.1, 0.15) is 11.4 Å². The monoisotopic (exact) mass is 392 g/mol. The summed E-state index contributed by atoms with van der Waals surface area (Å²) in [5, 5.41) is 21.0. The number of aromatic hydroxyl groups is 1. The molecule has 148 valence electrons. The Balaban J connectivity index is 1.80. The second-order valence-electron chi connectivity index (χ2n) is 7.65. The van der Waals surface area contributed by atoms with E-state index >= 15 is 0 Å². The third kappa shape index (κ3) is 2.31. The summed E-state index contributed by atoms with van der Waals surface area (Å²) in [5.74, 6) is -0.581. The van der Waals surface area contributed by atoms with Crippen molar-refractivity contribution < 1.29 is 19.7 Å². The van der Waals surface area contributed by atoms with E-state index < -0.39 is 17.7 Å². The van der Waals surface area contributed by atoms with Crippen LogP contribution in [0.2, 0.25) is 0 Å². The van der Waals surface area contributed by atoms with E-state index in [1.165, 1.54) is 0 Å². The minimum absolute atomic E-state index is 0.150. The van der Waals surface area contributed by atoms with Gasteiger partial charge in [-0.2, -0.15) is 0 Å². The number of carbonyl (C=O) groups excluding carboxylic acids is 1. The summed E-state index contributed by atoms with van der Waals surface area (Å²) in [5.41, 5.74) is 2.12. The molecule has 0 fully saturated rings. The normalized spacial score (nSPS) is 18.9. The van der Waals surface area contributed by atoms with E-state index in [9.17, 15) is 19.8 Å². The fourth-order valence-corrected chi connectivity index (χ4v) is 4.59. The number of phenols is 1. The number of aliphatic hydroxyl groups excluding tert-OH is 1. The Morgan fingerprint density at radius 1 is 1.21 bits per heavy atom. The predicted octanol–water partition coefficient (Wildman–Crippen LogP) is 2.74. The number of rotatable bonds is 2. The first-order valence-corrected chi connectivity index (χ1v) is 9.70. The summed E-state index contributed by atoms with van der Waals surface area (Å²) in [6.45, 7) is 4.07. The second-order valence-corrected chi connectivity index (χ2v) is 7.65. The van der Waals surface area contributed by atoms with Crippen LogP contribution < -0.4 is 5.56 Å². The van der Waals surface area contributed by atoms with Gasteiger partial charge in [-0.25, -0.2) is 9.78 Å². The maximum absolute atomic E-state index is 13.5. The molecule has 0 aliphatic carbocycles. The molecule has 1 atom stereocenters. The molecule has 7 heteroatoms. The molecule has 0 amide bonds. The van der Waals surface area contributed by atoms with Crippen LogP contribution in [-0.2, 0) is 21.7 Å². The van der Waals surface area contributed by atoms with Crippen molar-refractivity contribution in [3.05, 3.63) is 57.4 Å². The number of benzene rings is 1. The smallest absolute Gasteiger partial charge is 0.340 e. The molecule has 1 unspecified atom stereocenters. The lowest BCUT2D eigenvalue weighted by molar-refractivity contribution is -0.177. The predicted molar refractivity (Wildman–Crippen MR) is 106 cm³/mol. The third-order valence-electron chi connectivity index (χ3n) is 6.19. The number of ether oxygens (including phenoxy) is 1. The van der Waals surface area contributed by atoms with Crippen LogP contribution >= 0.6 is 0 Å². The molecule has 2 N–H and O–H groups in total. The van der Waals surface area contributed by atoms with Gasteiger partial charge in [0.05, 0.1) is 29.0 Å². The van der Waals surface area contributed by atoms with Gasteiger partial charge >= 0.3 is 5.97 Å². The largest absolute Gasteiger partial charge is 0.508 e. The van der Waals surface area contributed by atoms with Crippen molar-refractivity contribution in [2.75, 3.05) is 0 Å². The highest BCUT2D eigenvalue weighted by molar-refractivity contribution is 5.86. The summed E-state index contributed by atoms with van der Waals surface area (Å²) in [6.07, 6.45) is -0.605. The number of carbonyl (C=O) groups is 1. The third-order valence-corrected chi connectivity index (χ3v) is 6.19. The highest BCUT2D eigenvalue weighted by Crippen LogP contribution is 2.43. The number of esters is 1. The molecule has 2 aliphatic rings. The van der Waals surface area contributed by atoms with Crippen molar-refractivity contribution in [2.45, 2.75) is 44.9 Å². The Morgan fingerprint density at radius 2 is 1.97 bits per heavy atom. The topological polar surface area (TPSA) is 102 Å². The lowest BCUT2D eigenvalue weighted by Gasteiger charge is -2.38. The summed E-state index contributed by atoms with van der Waals surface area (Å²) < 4.78 is 7.19. The first-order chi connectivity index (χ1) is 13.9. The molecule has 7 nitrogen and oxygen atoms in total. The van der Waals surface area contributed by atoms with Gasteiger partial charge in [-0.1, -0.05) is 13.8 Å². The lowest BCUT2D eigenvalue weighted by Crippen LogP contribution is -2.45. The maximum Gasteiger partial charge on any atom is 0.340 e. The number of aliphatic hydroxyl groups is 1. The Morgan fingerprint density at radius 3 is 2.69 bits per heavy atom. The van der Waals surface area contributed by atoms with Gasteiger partial charge in [0.25, 0.3) is 5.56 Å². The van der Waals surface area contributed by atoms with E-state index in [4.69, 9.17) is 4.74 Å². The zero-order valence-corrected chi connectivity index (χ0v) is 16.1. The fourth-order valence-electron chi connectivity index (χ4n) is 4.59. The number of fused-ring (bicyclic) bond motifs is 5. The molecule has 5 rings (SSSR count). The second kappa shape index (κ2) is 5.90. The van der Waals surface area contributed by atoms with E-state index in [1.54, 1.807) is 28.8 Å². The molecule has 0 bridgehead atoms. The minimum atomic E-state index is -1.49. The van der Waals surface area contributed by atoms with Gasteiger partial charge in [0.15, 0.2) is 6.10 Å². The van der Waals surface area contributed by atoms with E-state index in [-0.39, 0.29) is 11.3 Å². The van der Waals surface area contributed by atoms with E-state index in [0.717, 1.165) is 10.9 Å². The van der Waals surface area contributed by atoms with Crippen molar-refractivity contribution in [1.82, 2.24) is 9.55 Å². The fraction of sp³-hybridized carbons (Fsp3) is 0.318. The summed E-state index contributed by atoms with van der Waals surface area (Å²) in [4.78, 5) is 30.5. The number of hydrogen-bond acceptors (Lipinski definition) is 6. The number of cyclic esters (lactones) is 1. The van der Waals surface area contributed by atoms with Crippen molar-refractivity contribution in [3.63, 3.8) is 0 Å². The first-order valence-electron chi connectivity index (χ1n) is 9.70. The van der Waals surface area contributed by atoms with Crippen LogP contribution in [0.25, 0.3) is 22.3 Å². The average molecular weight is 392 g/mol. The van der Waals surface area contributed by atoms with Crippen LogP contribution in [0.4, 0.5) is 0 Å². The Bertz CT molecular complexity index is 1260. The van der Waals surface area contributed by atoms with Crippen molar-refractivity contribution in [1.29, 1.82) is 0 Å². The molecule has 2 aliphatic heterocycles. The summed E-state index contributed by atoms with van der Waals surface area (Å²) in [6, 6.07) is 8.53. The van der Waals surface area contributed by atoms with E-state index in [2.05, 4.69) is 4.98 Å². The highest BCUT2D eigenvalue weighted by atomic mass is 16.6. The lowest BCUT2D eigenvalue weighted by atomic mass is 9.82. The molecule has 29 heavy (non-hydrogen) atoms. The van der Waals surface area contributed by atoms with Crippen LogP contribution in [0.5, 0.6) is 5.75 Å². The number of hydrogen-bond donors (Lipinski definition) is 2. The standard InChI is InChI=1S/C22H20N2O5/c1-3-22(4-2)17-14(19(26)21(28)29-22)9-16-18-12(10-24(16)20(17)27)7-11-8-13(25)5-6-15(11)23-18/h5-9,19,25-26H,3-4,10H2,1-2H3. The van der Waals surface area contributed by atoms with Gasteiger partial charge in [0, 0.05) is 16.5 Å². The maximum atomic E-state index is 13.5. The van der Waals surface area contributed by atoms with Crippen LogP contribution in [0.1, 0.15) is 49.5 Å². The molecule has 3 aromatic rings. The molecule has 0 saturated heterocycles. The molecular formula is C22H20N2O5. The van der Waals surface area contributed by atoms with Crippen molar-refractivity contribution >= 4 is 16.9 Å². The molecular weight excluding hydrogens is 372 g/mol. The SMILES string of the molecule is CCC1(CC)OC(=O)C(O)c2cc3n(c(=O)c21)Cc1cc2cc(O)ccc2nc1-3. The molecule has 2 aromatic heterocycles. The van der Waals surface area contributed by atoms with Gasteiger partial charge in [0.2, 0.25) is 0 Å². The molecule has 0 radical (unpaired) electrons. The quantitative estimate of drug-likeness (QED) is 0.509. The summed E-state index contributed by atoms with van der Waals surface area (Å²) in [7, 11) is 0. The Kier molecular flexibility index (Phi) is 3.64. The number of nitrogens with zero attached hydrogens (tertiary/aromatic N) is 2. The number of aromatic nitrogens is 2. The Hall–Kier alpha value is -3.19. The van der Waals surface area contributed by atoms with Crippen LogP contribution in [0.3, 0.4) is 0 Å². The number of phenolic OH excluding ortho intramolecular Hbond substituents is 1. The van der Waals surface area contributed by atoms with Gasteiger partial charge in [-0.05, 0) is 43.2 Å². The van der Waals surface area contributed by atoms with E-state index in [0.29, 0.717) is 47.4 Å². The van der Waals surface area contributed by atoms with Gasteiger partial charge in [-0.3, -0.25) is 4.79 Å². The number of pyridine rings is 2. The van der Waals surface area contributed by atoms with Crippen LogP contribution in [0.15, 0.2) is 35.1 Å².